The van der Waals surface area contributed by atoms with Gasteiger partial charge >= 0.3 is 0 Å². The van der Waals surface area contributed by atoms with E-state index in [1.807, 2.05) is 19.1 Å². The molecule has 14 heavy (non-hydrogen) atoms. The highest BCUT2D eigenvalue weighted by Crippen LogP contribution is 2.19. The predicted octanol–water partition coefficient (Wildman–Crippen LogP) is 1.73. The van der Waals surface area contributed by atoms with Crippen molar-refractivity contribution in [3.8, 4) is 0 Å². The van der Waals surface area contributed by atoms with E-state index in [1.54, 1.807) is 0 Å². The Hall–Kier alpha value is -0.800. The number of nitrogens with one attached hydrogen (secondary N) is 1. The standard InChI is InChI=1S/C11H18N2O/c1-8-5-6-11(14-8)10(12)7-13-9-3-2-4-9/h5-6,9-10,13H,2-4,7,12H2,1H3. The van der Waals surface area contributed by atoms with Crippen LogP contribution in [0.3, 0.4) is 0 Å². The van der Waals surface area contributed by atoms with Crippen LogP contribution in [0.15, 0.2) is 16.5 Å². The SMILES string of the molecule is Cc1ccc(C(N)CNC2CCC2)o1. The third-order valence-corrected chi connectivity index (χ3v) is 2.86. The number of rotatable bonds is 4. The molecule has 1 atom stereocenters. The van der Waals surface area contributed by atoms with E-state index in [1.165, 1.54) is 19.3 Å². The molecule has 3 heteroatoms. The van der Waals surface area contributed by atoms with Crippen LogP contribution in [0.25, 0.3) is 0 Å². The lowest BCUT2D eigenvalue weighted by molar-refractivity contribution is 0.323. The van der Waals surface area contributed by atoms with Crippen LogP contribution < -0.4 is 11.1 Å². The van der Waals surface area contributed by atoms with Gasteiger partial charge in [0.05, 0.1) is 6.04 Å². The van der Waals surface area contributed by atoms with E-state index in [0.717, 1.165) is 18.1 Å². The molecule has 0 bridgehead atoms. The van der Waals surface area contributed by atoms with Gasteiger partial charge in [-0.3, -0.25) is 0 Å². The number of aryl methyl sites for hydroxylation is 1. The summed E-state index contributed by atoms with van der Waals surface area (Å²) in [5.74, 6) is 1.81. The summed E-state index contributed by atoms with van der Waals surface area (Å²) >= 11 is 0. The lowest BCUT2D eigenvalue weighted by atomic mass is 9.93. The molecule has 1 aromatic rings. The zero-order valence-corrected chi connectivity index (χ0v) is 8.62. The Balaban J connectivity index is 1.79. The maximum atomic E-state index is 5.98. The van der Waals surface area contributed by atoms with Crippen LogP contribution in [-0.2, 0) is 0 Å². The van der Waals surface area contributed by atoms with Gasteiger partial charge in [-0.15, -0.1) is 0 Å². The Labute approximate surface area is 84.7 Å². The van der Waals surface area contributed by atoms with Crippen LogP contribution >= 0.6 is 0 Å². The van der Waals surface area contributed by atoms with E-state index in [4.69, 9.17) is 10.2 Å². The molecule has 1 fully saturated rings. The van der Waals surface area contributed by atoms with Gasteiger partial charge in [-0.25, -0.2) is 0 Å². The van der Waals surface area contributed by atoms with Crippen molar-refractivity contribution in [2.75, 3.05) is 6.54 Å². The zero-order valence-electron chi connectivity index (χ0n) is 8.62. The summed E-state index contributed by atoms with van der Waals surface area (Å²) in [5, 5.41) is 3.44. The average molecular weight is 194 g/mol. The largest absolute Gasteiger partial charge is 0.465 e. The molecule has 1 aliphatic rings. The maximum Gasteiger partial charge on any atom is 0.122 e. The number of furan rings is 1. The minimum absolute atomic E-state index is 0.00991. The van der Waals surface area contributed by atoms with Crippen molar-refractivity contribution in [2.45, 2.75) is 38.3 Å². The van der Waals surface area contributed by atoms with Gasteiger partial charge in [-0.2, -0.15) is 0 Å². The van der Waals surface area contributed by atoms with E-state index < -0.39 is 0 Å². The van der Waals surface area contributed by atoms with Crippen molar-refractivity contribution in [1.82, 2.24) is 5.32 Å². The fourth-order valence-electron chi connectivity index (χ4n) is 1.66. The zero-order chi connectivity index (χ0) is 9.97. The molecule has 0 saturated heterocycles. The third kappa shape index (κ3) is 2.16. The Morgan fingerprint density at radius 1 is 1.57 bits per heavy atom. The molecule has 0 radical (unpaired) electrons. The molecule has 2 rings (SSSR count). The highest BCUT2D eigenvalue weighted by molar-refractivity contribution is 5.09. The van der Waals surface area contributed by atoms with Crippen molar-refractivity contribution >= 4 is 0 Å². The van der Waals surface area contributed by atoms with Crippen molar-refractivity contribution in [2.24, 2.45) is 5.73 Å². The second kappa shape index (κ2) is 4.15. The minimum atomic E-state index is -0.00991. The van der Waals surface area contributed by atoms with Crippen LogP contribution in [0, 0.1) is 6.92 Å². The van der Waals surface area contributed by atoms with Crippen LogP contribution in [0.4, 0.5) is 0 Å². The first-order chi connectivity index (χ1) is 6.75. The molecule has 1 unspecified atom stereocenters. The molecular formula is C11H18N2O. The minimum Gasteiger partial charge on any atom is -0.465 e. The lowest BCUT2D eigenvalue weighted by Gasteiger charge is -2.27. The van der Waals surface area contributed by atoms with Gasteiger partial charge in [-0.05, 0) is 31.9 Å². The summed E-state index contributed by atoms with van der Waals surface area (Å²) < 4.78 is 5.46. The lowest BCUT2D eigenvalue weighted by Crippen LogP contribution is -2.39. The van der Waals surface area contributed by atoms with Crippen molar-refractivity contribution in [1.29, 1.82) is 0 Å². The van der Waals surface area contributed by atoms with Gasteiger partial charge < -0.3 is 15.5 Å². The summed E-state index contributed by atoms with van der Waals surface area (Å²) in [6.07, 6.45) is 3.95. The molecule has 1 aromatic heterocycles. The Morgan fingerprint density at radius 3 is 2.86 bits per heavy atom. The summed E-state index contributed by atoms with van der Waals surface area (Å²) in [6.45, 7) is 2.76. The van der Waals surface area contributed by atoms with Crippen molar-refractivity contribution in [3.63, 3.8) is 0 Å². The number of hydrogen-bond donors (Lipinski definition) is 2. The molecule has 1 aliphatic carbocycles. The second-order valence-corrected chi connectivity index (χ2v) is 4.09. The molecule has 3 nitrogen and oxygen atoms in total. The molecule has 1 heterocycles. The first-order valence-electron chi connectivity index (χ1n) is 5.31. The molecule has 1 saturated carbocycles. The first-order valence-corrected chi connectivity index (χ1v) is 5.31. The molecular weight excluding hydrogens is 176 g/mol. The smallest absolute Gasteiger partial charge is 0.122 e. The van der Waals surface area contributed by atoms with Gasteiger partial charge in [0.15, 0.2) is 0 Å². The quantitative estimate of drug-likeness (QED) is 0.767. The highest BCUT2D eigenvalue weighted by atomic mass is 16.3. The van der Waals surface area contributed by atoms with E-state index in [-0.39, 0.29) is 6.04 Å². The summed E-state index contributed by atoms with van der Waals surface area (Å²) in [6, 6.07) is 4.60. The second-order valence-electron chi connectivity index (χ2n) is 4.09. The molecule has 0 spiro atoms. The van der Waals surface area contributed by atoms with Crippen molar-refractivity contribution in [3.05, 3.63) is 23.7 Å². The average Bonchev–Trinajstić information content (AvgIpc) is 2.49. The third-order valence-electron chi connectivity index (χ3n) is 2.86. The van der Waals surface area contributed by atoms with E-state index in [2.05, 4.69) is 5.32 Å². The fraction of sp³-hybridized carbons (Fsp3) is 0.636. The Morgan fingerprint density at radius 2 is 2.36 bits per heavy atom. The highest BCUT2D eigenvalue weighted by Gasteiger charge is 2.18. The van der Waals surface area contributed by atoms with Gasteiger partial charge in [0.2, 0.25) is 0 Å². The Kier molecular flexibility index (Phi) is 2.89. The normalized spacial score (nSPS) is 19.3. The fourth-order valence-corrected chi connectivity index (χ4v) is 1.66. The first kappa shape index (κ1) is 9.74. The maximum absolute atomic E-state index is 5.98. The molecule has 78 valence electrons. The summed E-state index contributed by atoms with van der Waals surface area (Å²) in [5.41, 5.74) is 5.98. The summed E-state index contributed by atoms with van der Waals surface area (Å²) in [4.78, 5) is 0. The molecule has 3 N–H and O–H groups in total. The number of hydrogen-bond acceptors (Lipinski definition) is 3. The van der Waals surface area contributed by atoms with E-state index >= 15 is 0 Å². The molecule has 0 amide bonds. The monoisotopic (exact) mass is 194 g/mol. The Bertz CT molecular complexity index is 291. The predicted molar refractivity (Wildman–Crippen MR) is 56.0 cm³/mol. The van der Waals surface area contributed by atoms with Gasteiger partial charge in [-0.1, -0.05) is 6.42 Å². The molecule has 0 aromatic carbocycles. The van der Waals surface area contributed by atoms with Crippen LogP contribution in [0.1, 0.15) is 36.8 Å². The summed E-state index contributed by atoms with van der Waals surface area (Å²) in [7, 11) is 0. The topological polar surface area (TPSA) is 51.2 Å². The van der Waals surface area contributed by atoms with Gasteiger partial charge in [0.25, 0.3) is 0 Å². The van der Waals surface area contributed by atoms with Crippen LogP contribution in [0.5, 0.6) is 0 Å². The van der Waals surface area contributed by atoms with Gasteiger partial charge in [0, 0.05) is 12.6 Å². The van der Waals surface area contributed by atoms with E-state index in [9.17, 15) is 0 Å². The molecule has 0 aliphatic heterocycles. The van der Waals surface area contributed by atoms with Crippen molar-refractivity contribution < 1.29 is 4.42 Å². The van der Waals surface area contributed by atoms with Crippen LogP contribution in [-0.4, -0.2) is 12.6 Å². The van der Waals surface area contributed by atoms with Crippen LogP contribution in [0.2, 0.25) is 0 Å². The van der Waals surface area contributed by atoms with Gasteiger partial charge in [0.1, 0.15) is 11.5 Å². The number of nitrogens with two attached hydrogens (primary N) is 1. The van der Waals surface area contributed by atoms with E-state index in [0.29, 0.717) is 6.04 Å².